The molecule has 3 nitrogen and oxygen atoms in total. The Kier molecular flexibility index (Phi) is 5.23. The van der Waals surface area contributed by atoms with Crippen LogP contribution >= 0.6 is 11.6 Å². The molecule has 2 aromatic rings. The summed E-state index contributed by atoms with van der Waals surface area (Å²) in [7, 11) is 0. The van der Waals surface area contributed by atoms with E-state index in [2.05, 4.69) is 24.3 Å². The summed E-state index contributed by atoms with van der Waals surface area (Å²) in [4.78, 5) is 16.5. The zero-order valence-electron chi connectivity index (χ0n) is 16.0. The van der Waals surface area contributed by atoms with Gasteiger partial charge in [0.05, 0.1) is 16.3 Å². The zero-order chi connectivity index (χ0) is 20.8. The van der Waals surface area contributed by atoms with Crippen LogP contribution < -0.4 is 4.90 Å². The van der Waals surface area contributed by atoms with Crippen LogP contribution in [0, 0.1) is 12.8 Å². The van der Waals surface area contributed by atoms with Crippen molar-refractivity contribution < 1.29 is 18.0 Å². The van der Waals surface area contributed by atoms with Gasteiger partial charge in [-0.3, -0.25) is 4.79 Å². The number of hydrogen-bond donors (Lipinski definition) is 0. The minimum Gasteiger partial charge on any atom is -0.367 e. The number of aryl methyl sites for hydroxylation is 1. The van der Waals surface area contributed by atoms with Gasteiger partial charge in [0, 0.05) is 32.1 Å². The number of amides is 1. The Morgan fingerprint density at radius 2 is 1.69 bits per heavy atom. The Morgan fingerprint density at radius 1 is 1.03 bits per heavy atom. The number of anilines is 1. The summed E-state index contributed by atoms with van der Waals surface area (Å²) in [5, 5.41) is 0.291. The minimum absolute atomic E-state index is 0.0152. The molecule has 1 aliphatic heterocycles. The lowest BCUT2D eigenvalue weighted by atomic mass is 10.1. The van der Waals surface area contributed by atoms with Crippen molar-refractivity contribution in [1.29, 1.82) is 0 Å². The van der Waals surface area contributed by atoms with Crippen LogP contribution in [-0.4, -0.2) is 37.0 Å². The van der Waals surface area contributed by atoms with Crippen LogP contribution in [0.2, 0.25) is 5.02 Å². The third-order valence-corrected chi connectivity index (χ3v) is 6.14. The molecule has 2 fully saturated rings. The first-order valence-electron chi connectivity index (χ1n) is 9.71. The van der Waals surface area contributed by atoms with Crippen LogP contribution in [0.15, 0.2) is 42.5 Å². The van der Waals surface area contributed by atoms with Gasteiger partial charge in [0.25, 0.3) is 0 Å². The predicted molar refractivity (Wildman–Crippen MR) is 107 cm³/mol. The topological polar surface area (TPSA) is 23.6 Å². The van der Waals surface area contributed by atoms with Crippen molar-refractivity contribution in [2.75, 3.05) is 31.1 Å². The average molecular weight is 423 g/mol. The molecule has 0 bridgehead atoms. The fourth-order valence-corrected chi connectivity index (χ4v) is 4.22. The molecule has 4 rings (SSSR count). The zero-order valence-corrected chi connectivity index (χ0v) is 16.8. The van der Waals surface area contributed by atoms with E-state index in [0.717, 1.165) is 18.6 Å². The maximum Gasteiger partial charge on any atom is 0.416 e. The van der Waals surface area contributed by atoms with Crippen LogP contribution in [0.1, 0.15) is 29.0 Å². The van der Waals surface area contributed by atoms with Gasteiger partial charge in [0.15, 0.2) is 0 Å². The summed E-state index contributed by atoms with van der Waals surface area (Å²) in [6, 6.07) is 11.7. The van der Waals surface area contributed by atoms with E-state index in [1.807, 2.05) is 16.7 Å². The first-order chi connectivity index (χ1) is 13.7. The van der Waals surface area contributed by atoms with Gasteiger partial charge in [0.1, 0.15) is 0 Å². The second kappa shape index (κ2) is 7.56. The van der Waals surface area contributed by atoms with Gasteiger partial charge in [-0.05, 0) is 43.0 Å². The number of nitrogens with zero attached hydrogens (tertiary/aromatic N) is 2. The molecule has 0 radical (unpaired) electrons. The quantitative estimate of drug-likeness (QED) is 0.685. The molecule has 154 valence electrons. The Hall–Kier alpha value is -2.21. The van der Waals surface area contributed by atoms with Gasteiger partial charge in [-0.1, -0.05) is 41.4 Å². The summed E-state index contributed by atoms with van der Waals surface area (Å²) in [6.45, 7) is 3.95. The largest absolute Gasteiger partial charge is 0.416 e. The second-order valence-corrected chi connectivity index (χ2v) is 8.24. The molecule has 0 aromatic heterocycles. The van der Waals surface area contributed by atoms with Gasteiger partial charge >= 0.3 is 6.18 Å². The predicted octanol–water partition coefficient (Wildman–Crippen LogP) is 5.12. The highest BCUT2D eigenvalue weighted by Crippen LogP contribution is 2.48. The molecule has 2 aromatic carbocycles. The number of alkyl halides is 3. The molecule has 0 N–H and O–H groups in total. The molecule has 29 heavy (non-hydrogen) atoms. The fourth-order valence-electron chi connectivity index (χ4n) is 3.98. The van der Waals surface area contributed by atoms with Crippen LogP contribution in [0.4, 0.5) is 18.9 Å². The number of benzene rings is 2. The van der Waals surface area contributed by atoms with E-state index in [4.69, 9.17) is 11.6 Å². The average Bonchev–Trinajstić information content (AvgIpc) is 3.48. The molecule has 2 aliphatic rings. The lowest BCUT2D eigenvalue weighted by Crippen LogP contribution is -2.49. The number of piperazine rings is 1. The molecule has 1 heterocycles. The lowest BCUT2D eigenvalue weighted by molar-refractivity contribution is -0.137. The van der Waals surface area contributed by atoms with Gasteiger partial charge in [-0.25, -0.2) is 0 Å². The molecule has 7 heteroatoms. The lowest BCUT2D eigenvalue weighted by Gasteiger charge is -2.37. The Labute approximate surface area is 173 Å². The highest BCUT2D eigenvalue weighted by Gasteiger charge is 2.46. The normalized spacial score (nSPS) is 22.0. The third-order valence-electron chi connectivity index (χ3n) is 5.82. The van der Waals surface area contributed by atoms with Gasteiger partial charge in [0.2, 0.25) is 5.91 Å². The van der Waals surface area contributed by atoms with Gasteiger partial charge < -0.3 is 9.80 Å². The maximum absolute atomic E-state index is 13.0. The highest BCUT2D eigenvalue weighted by atomic mass is 35.5. The van der Waals surface area contributed by atoms with Crippen molar-refractivity contribution in [2.45, 2.75) is 25.4 Å². The number of rotatable bonds is 3. The molecular formula is C22H22ClF3N2O. The second-order valence-electron chi connectivity index (χ2n) is 7.84. The van der Waals surface area contributed by atoms with E-state index in [-0.39, 0.29) is 17.7 Å². The van der Waals surface area contributed by atoms with E-state index in [1.165, 1.54) is 17.2 Å². The number of carbonyl (C=O) groups is 1. The van der Waals surface area contributed by atoms with Crippen molar-refractivity contribution in [3.8, 4) is 0 Å². The summed E-state index contributed by atoms with van der Waals surface area (Å²) >= 11 is 6.15. The van der Waals surface area contributed by atoms with E-state index < -0.39 is 11.7 Å². The summed E-state index contributed by atoms with van der Waals surface area (Å²) in [5.41, 5.74) is 2.05. The van der Waals surface area contributed by atoms with Crippen molar-refractivity contribution >= 4 is 23.2 Å². The number of carbonyl (C=O) groups excluding carboxylic acids is 1. The number of hydrogen-bond acceptors (Lipinski definition) is 2. The summed E-state index contributed by atoms with van der Waals surface area (Å²) < 4.78 is 39.0. The third kappa shape index (κ3) is 4.22. The summed E-state index contributed by atoms with van der Waals surface area (Å²) in [6.07, 6.45) is -3.55. The van der Waals surface area contributed by atoms with Crippen molar-refractivity contribution in [2.24, 2.45) is 5.92 Å². The Bertz CT molecular complexity index is 905. The van der Waals surface area contributed by atoms with Gasteiger partial charge in [-0.2, -0.15) is 13.2 Å². The van der Waals surface area contributed by atoms with Crippen molar-refractivity contribution in [3.63, 3.8) is 0 Å². The van der Waals surface area contributed by atoms with Crippen LogP contribution in [0.25, 0.3) is 0 Å². The van der Waals surface area contributed by atoms with Crippen LogP contribution in [-0.2, 0) is 11.0 Å². The molecule has 1 aliphatic carbocycles. The molecule has 2 atom stereocenters. The highest BCUT2D eigenvalue weighted by molar-refractivity contribution is 6.33. The molecule has 1 saturated heterocycles. The van der Waals surface area contributed by atoms with Crippen LogP contribution in [0.5, 0.6) is 0 Å². The fraction of sp³-hybridized carbons (Fsp3) is 0.409. The minimum atomic E-state index is -4.41. The molecule has 1 saturated carbocycles. The maximum atomic E-state index is 13.0. The molecule has 0 unspecified atom stereocenters. The van der Waals surface area contributed by atoms with E-state index in [1.54, 1.807) is 0 Å². The first-order valence-corrected chi connectivity index (χ1v) is 10.1. The monoisotopic (exact) mass is 422 g/mol. The molecular weight excluding hydrogens is 401 g/mol. The number of halogens is 4. The van der Waals surface area contributed by atoms with E-state index in [0.29, 0.717) is 36.9 Å². The smallest absolute Gasteiger partial charge is 0.367 e. The Balaban J connectivity index is 1.38. The first kappa shape index (κ1) is 20.1. The van der Waals surface area contributed by atoms with E-state index >= 15 is 0 Å². The SMILES string of the molecule is Cc1ccc([C@H]2C[C@H]2C(=O)N2CCN(c3cc(C(F)(F)F)ccc3Cl)CC2)cc1. The van der Waals surface area contributed by atoms with Crippen LogP contribution in [0.3, 0.4) is 0 Å². The molecule has 1 amide bonds. The van der Waals surface area contributed by atoms with Gasteiger partial charge in [-0.15, -0.1) is 0 Å². The Morgan fingerprint density at radius 3 is 2.31 bits per heavy atom. The summed E-state index contributed by atoms with van der Waals surface area (Å²) in [5.74, 6) is 0.436. The van der Waals surface area contributed by atoms with Crippen molar-refractivity contribution in [1.82, 2.24) is 4.90 Å². The standard InChI is InChI=1S/C22H22ClF3N2O/c1-14-2-4-15(5-3-14)17-13-18(17)21(29)28-10-8-27(9-11-28)20-12-16(22(24,25)26)6-7-19(20)23/h2-7,12,17-18H,8-11,13H2,1H3/t17-,18-/m1/s1. The molecule has 0 spiro atoms. The van der Waals surface area contributed by atoms with Crippen molar-refractivity contribution in [3.05, 3.63) is 64.2 Å². The van der Waals surface area contributed by atoms with E-state index in [9.17, 15) is 18.0 Å².